The van der Waals surface area contributed by atoms with Crippen LogP contribution in [-0.2, 0) is 4.74 Å². The molecule has 3 fully saturated rings. The predicted octanol–water partition coefficient (Wildman–Crippen LogP) is 2.11. The maximum atomic E-state index is 12.8. The van der Waals surface area contributed by atoms with E-state index in [9.17, 15) is 30.3 Å². The van der Waals surface area contributed by atoms with Gasteiger partial charge in [0.05, 0.1) is 12.7 Å². The van der Waals surface area contributed by atoms with Crippen molar-refractivity contribution >= 4 is 5.97 Å². The Hall–Kier alpha value is -1.83. The first-order valence-electron chi connectivity index (χ1n) is 10.6. The lowest BCUT2D eigenvalue weighted by molar-refractivity contribution is -0.332. The molecule has 0 saturated heterocycles. The molecule has 0 spiro atoms. The standard InChI is InChI=1S/C23H32O7/c1-11-5-12(25)6-16(26)18(11)20(28)30-17-9-22(4)14-8-21(2,3)7-13(14)19(27)15(10-24)23(17,22)29/h5-6,13-15,17,19,24-27,29H,7-10H2,1-4H3/t13-,14+,15-,17-,19-,22-,23+/m1/s1. The van der Waals surface area contributed by atoms with Gasteiger partial charge in [0.25, 0.3) is 0 Å². The van der Waals surface area contributed by atoms with Gasteiger partial charge >= 0.3 is 5.97 Å². The summed E-state index contributed by atoms with van der Waals surface area (Å²) in [6.45, 7) is 7.44. The van der Waals surface area contributed by atoms with Crippen molar-refractivity contribution in [2.45, 2.75) is 64.8 Å². The topological polar surface area (TPSA) is 127 Å². The zero-order valence-electron chi connectivity index (χ0n) is 17.9. The minimum absolute atomic E-state index is 0.0116. The van der Waals surface area contributed by atoms with Gasteiger partial charge in [0.15, 0.2) is 0 Å². The third-order valence-corrected chi connectivity index (χ3v) is 8.28. The highest BCUT2D eigenvalue weighted by atomic mass is 16.6. The summed E-state index contributed by atoms with van der Waals surface area (Å²) in [6.07, 6.45) is 0.313. The molecule has 30 heavy (non-hydrogen) atoms. The number of phenolic OH excluding ortho intramolecular Hbond substituents is 2. The van der Waals surface area contributed by atoms with Gasteiger partial charge in [-0.05, 0) is 55.1 Å². The number of rotatable bonds is 3. The maximum absolute atomic E-state index is 12.8. The number of carbonyl (C=O) groups excluding carboxylic acids is 1. The smallest absolute Gasteiger partial charge is 0.342 e. The van der Waals surface area contributed by atoms with Crippen LogP contribution in [0.1, 0.15) is 56.0 Å². The number of aliphatic hydroxyl groups excluding tert-OH is 2. The van der Waals surface area contributed by atoms with Crippen LogP contribution in [0.4, 0.5) is 0 Å². The lowest BCUT2D eigenvalue weighted by Gasteiger charge is -2.69. The Balaban J connectivity index is 1.65. The first-order chi connectivity index (χ1) is 13.9. The fraction of sp³-hybridized carbons (Fsp3) is 0.696. The molecule has 7 atom stereocenters. The maximum Gasteiger partial charge on any atom is 0.342 e. The monoisotopic (exact) mass is 420 g/mol. The predicted molar refractivity (Wildman–Crippen MR) is 108 cm³/mol. The van der Waals surface area contributed by atoms with Crippen molar-refractivity contribution in [2.75, 3.05) is 6.61 Å². The molecule has 0 radical (unpaired) electrons. The molecule has 0 unspecified atom stereocenters. The van der Waals surface area contributed by atoms with E-state index in [0.717, 1.165) is 18.9 Å². The highest BCUT2D eigenvalue weighted by Gasteiger charge is 2.76. The summed E-state index contributed by atoms with van der Waals surface area (Å²) in [5.74, 6) is -2.13. The quantitative estimate of drug-likeness (QED) is 0.474. The number of hydrogen-bond acceptors (Lipinski definition) is 7. The van der Waals surface area contributed by atoms with Crippen LogP contribution >= 0.6 is 0 Å². The second-order valence-electron chi connectivity index (χ2n) is 10.6. The first-order valence-corrected chi connectivity index (χ1v) is 10.6. The van der Waals surface area contributed by atoms with Gasteiger partial charge in [0.1, 0.15) is 28.8 Å². The molecule has 3 saturated carbocycles. The molecule has 4 rings (SSSR count). The van der Waals surface area contributed by atoms with Gasteiger partial charge in [-0.1, -0.05) is 20.8 Å². The molecule has 3 aliphatic rings. The second kappa shape index (κ2) is 6.58. The molecule has 7 heteroatoms. The summed E-state index contributed by atoms with van der Waals surface area (Å²) in [6, 6.07) is 2.41. The Morgan fingerprint density at radius 3 is 2.43 bits per heavy atom. The van der Waals surface area contributed by atoms with Crippen molar-refractivity contribution in [3.63, 3.8) is 0 Å². The molecule has 0 heterocycles. The summed E-state index contributed by atoms with van der Waals surface area (Å²) in [5, 5.41) is 52.6. The van der Waals surface area contributed by atoms with Crippen LogP contribution < -0.4 is 0 Å². The molecule has 0 bridgehead atoms. The molecule has 0 amide bonds. The zero-order chi connectivity index (χ0) is 22.2. The van der Waals surface area contributed by atoms with Gasteiger partial charge in [-0.25, -0.2) is 4.79 Å². The largest absolute Gasteiger partial charge is 0.508 e. The second-order valence-corrected chi connectivity index (χ2v) is 10.6. The average Bonchev–Trinajstić information content (AvgIpc) is 2.96. The van der Waals surface area contributed by atoms with Crippen LogP contribution in [0, 0.1) is 35.5 Å². The van der Waals surface area contributed by atoms with E-state index >= 15 is 0 Å². The fourth-order valence-electron chi connectivity index (χ4n) is 6.86. The van der Waals surface area contributed by atoms with Gasteiger partial charge in [0, 0.05) is 17.4 Å². The number of fused-ring (bicyclic) bond motifs is 3. The lowest BCUT2D eigenvalue weighted by atomic mass is 9.40. The molecule has 3 aliphatic carbocycles. The first kappa shape index (κ1) is 21.4. The van der Waals surface area contributed by atoms with E-state index in [0.29, 0.717) is 12.0 Å². The van der Waals surface area contributed by atoms with E-state index in [-0.39, 0.29) is 28.6 Å². The van der Waals surface area contributed by atoms with Crippen molar-refractivity contribution in [3.8, 4) is 11.5 Å². The number of esters is 1. The Morgan fingerprint density at radius 1 is 1.17 bits per heavy atom. The van der Waals surface area contributed by atoms with Crippen LogP contribution in [0.25, 0.3) is 0 Å². The highest BCUT2D eigenvalue weighted by Crippen LogP contribution is 2.70. The molecule has 5 N–H and O–H groups in total. The summed E-state index contributed by atoms with van der Waals surface area (Å²) in [4.78, 5) is 12.8. The van der Waals surface area contributed by atoms with Gasteiger partial charge in [-0.15, -0.1) is 0 Å². The Morgan fingerprint density at radius 2 is 1.83 bits per heavy atom. The van der Waals surface area contributed by atoms with Gasteiger partial charge in [-0.3, -0.25) is 0 Å². The summed E-state index contributed by atoms with van der Waals surface area (Å²) >= 11 is 0. The van der Waals surface area contributed by atoms with Crippen molar-refractivity contribution in [1.29, 1.82) is 0 Å². The number of hydrogen-bond donors (Lipinski definition) is 5. The number of ether oxygens (including phenoxy) is 1. The average molecular weight is 421 g/mol. The Kier molecular flexibility index (Phi) is 4.70. The minimum Gasteiger partial charge on any atom is -0.508 e. The van der Waals surface area contributed by atoms with Crippen LogP contribution in [0.3, 0.4) is 0 Å². The van der Waals surface area contributed by atoms with Gasteiger partial charge in [-0.2, -0.15) is 0 Å². The third-order valence-electron chi connectivity index (χ3n) is 8.28. The SMILES string of the molecule is Cc1cc(O)cc(O)c1C(=O)O[C@@H]1C[C@]2(C)[C@H]3CC(C)(C)C[C@H]3[C@@H](O)[C@@H](CO)[C@]12O. The number of aromatic hydroxyl groups is 2. The summed E-state index contributed by atoms with van der Waals surface area (Å²) < 4.78 is 5.64. The van der Waals surface area contributed by atoms with E-state index in [1.165, 1.54) is 6.07 Å². The summed E-state index contributed by atoms with van der Waals surface area (Å²) in [7, 11) is 0. The van der Waals surface area contributed by atoms with Crippen molar-refractivity contribution in [3.05, 3.63) is 23.3 Å². The molecular weight excluding hydrogens is 388 g/mol. The van der Waals surface area contributed by atoms with Crippen LogP contribution in [0.15, 0.2) is 12.1 Å². The molecular formula is C23H32O7. The fourth-order valence-corrected chi connectivity index (χ4v) is 6.86. The van der Waals surface area contributed by atoms with Crippen LogP contribution in [0.5, 0.6) is 11.5 Å². The van der Waals surface area contributed by atoms with Crippen molar-refractivity contribution in [1.82, 2.24) is 0 Å². The van der Waals surface area contributed by atoms with Crippen LogP contribution in [0.2, 0.25) is 0 Å². The van der Waals surface area contributed by atoms with Gasteiger partial charge in [0.2, 0.25) is 0 Å². The highest BCUT2D eigenvalue weighted by molar-refractivity contribution is 5.94. The van der Waals surface area contributed by atoms with Gasteiger partial charge < -0.3 is 30.3 Å². The molecule has 7 nitrogen and oxygen atoms in total. The molecule has 1 aromatic rings. The zero-order valence-corrected chi connectivity index (χ0v) is 17.9. The van der Waals surface area contributed by atoms with Crippen LogP contribution in [-0.4, -0.2) is 55.9 Å². The molecule has 0 aliphatic heterocycles. The van der Waals surface area contributed by atoms with E-state index in [4.69, 9.17) is 4.74 Å². The Labute approximate surface area is 176 Å². The molecule has 0 aromatic heterocycles. The normalized spacial score (nSPS) is 41.5. The minimum atomic E-state index is -1.56. The van der Waals surface area contributed by atoms with E-state index in [1.54, 1.807) is 6.92 Å². The number of benzene rings is 1. The Bertz CT molecular complexity index is 857. The van der Waals surface area contributed by atoms with Crippen molar-refractivity contribution < 1.29 is 35.1 Å². The summed E-state index contributed by atoms with van der Waals surface area (Å²) in [5.41, 5.74) is -1.83. The number of carbonyl (C=O) groups is 1. The number of aryl methyl sites for hydroxylation is 1. The van der Waals surface area contributed by atoms with E-state index in [2.05, 4.69) is 13.8 Å². The number of phenols is 2. The molecule has 1 aromatic carbocycles. The lowest BCUT2D eigenvalue weighted by Crippen LogP contribution is -2.79. The van der Waals surface area contributed by atoms with E-state index in [1.807, 2.05) is 6.92 Å². The van der Waals surface area contributed by atoms with E-state index < -0.39 is 47.5 Å². The molecule has 166 valence electrons. The number of aliphatic hydroxyl groups is 3. The third kappa shape index (κ3) is 2.71. The van der Waals surface area contributed by atoms with Crippen molar-refractivity contribution in [2.24, 2.45) is 28.6 Å².